The first kappa shape index (κ1) is 14.4. The molecule has 1 aromatic carbocycles. The van der Waals surface area contributed by atoms with Gasteiger partial charge in [-0.3, -0.25) is 4.79 Å². The van der Waals surface area contributed by atoms with Gasteiger partial charge in [-0.15, -0.1) is 0 Å². The van der Waals surface area contributed by atoms with Gasteiger partial charge >= 0.3 is 0 Å². The summed E-state index contributed by atoms with van der Waals surface area (Å²) in [6.07, 6.45) is 0.538. The Morgan fingerprint density at radius 3 is 2.40 bits per heavy atom. The topological polar surface area (TPSA) is 42.2 Å². The van der Waals surface area contributed by atoms with Crippen molar-refractivity contribution in [1.29, 1.82) is 0 Å². The van der Waals surface area contributed by atoms with Crippen LogP contribution in [0.4, 0.5) is 5.69 Å². The van der Waals surface area contributed by atoms with Gasteiger partial charge in [0.1, 0.15) is 11.5 Å². The number of carbonyl (C=O) groups is 1. The Morgan fingerprint density at radius 1 is 1.25 bits per heavy atom. The van der Waals surface area contributed by atoms with Crippen LogP contribution in [0.15, 0.2) is 34.7 Å². The highest BCUT2D eigenvalue weighted by Crippen LogP contribution is 2.25. The van der Waals surface area contributed by atoms with E-state index in [1.54, 1.807) is 0 Å². The first-order valence-electron chi connectivity index (χ1n) is 6.98. The smallest absolute Gasteiger partial charge is 0.162 e. The van der Waals surface area contributed by atoms with Crippen LogP contribution >= 0.6 is 0 Å². The van der Waals surface area contributed by atoms with E-state index in [0.29, 0.717) is 6.42 Å². The lowest BCUT2D eigenvalue weighted by molar-refractivity contribution is 0.0988. The molecule has 1 heterocycles. The molecule has 3 heteroatoms. The fourth-order valence-corrected chi connectivity index (χ4v) is 2.36. The molecule has 0 amide bonds. The van der Waals surface area contributed by atoms with Crippen molar-refractivity contribution in [3.8, 4) is 0 Å². The number of aryl methyl sites for hydroxylation is 2. The Bertz CT molecular complexity index is 596. The van der Waals surface area contributed by atoms with E-state index in [-0.39, 0.29) is 11.8 Å². The number of benzene rings is 1. The summed E-state index contributed by atoms with van der Waals surface area (Å²) in [7, 11) is 0. The first-order chi connectivity index (χ1) is 9.51. The zero-order valence-corrected chi connectivity index (χ0v) is 12.5. The van der Waals surface area contributed by atoms with Gasteiger partial charge in [0.2, 0.25) is 0 Å². The second-order valence-corrected chi connectivity index (χ2v) is 5.09. The zero-order chi connectivity index (χ0) is 14.7. The van der Waals surface area contributed by atoms with Crippen LogP contribution in [0.3, 0.4) is 0 Å². The van der Waals surface area contributed by atoms with E-state index in [1.807, 2.05) is 45.0 Å². The normalized spacial score (nSPS) is 12.2. The van der Waals surface area contributed by atoms with Crippen molar-refractivity contribution in [2.45, 2.75) is 40.2 Å². The van der Waals surface area contributed by atoms with Crippen molar-refractivity contribution in [3.05, 3.63) is 53.0 Å². The minimum Gasteiger partial charge on any atom is -0.466 e. The molecule has 0 aliphatic rings. The Morgan fingerprint density at radius 2 is 1.90 bits per heavy atom. The van der Waals surface area contributed by atoms with Crippen LogP contribution in [0.1, 0.15) is 53.8 Å². The fourth-order valence-electron chi connectivity index (χ4n) is 2.36. The van der Waals surface area contributed by atoms with Gasteiger partial charge in [0.25, 0.3) is 0 Å². The molecule has 106 valence electrons. The monoisotopic (exact) mass is 271 g/mol. The number of furan rings is 1. The number of hydrogen-bond donors (Lipinski definition) is 1. The van der Waals surface area contributed by atoms with Crippen LogP contribution in [0, 0.1) is 13.8 Å². The van der Waals surface area contributed by atoms with E-state index in [2.05, 4.69) is 18.3 Å². The summed E-state index contributed by atoms with van der Waals surface area (Å²) in [6, 6.07) is 9.86. The van der Waals surface area contributed by atoms with Gasteiger partial charge in [-0.05, 0) is 51.1 Å². The highest BCUT2D eigenvalue weighted by Gasteiger charge is 2.12. The van der Waals surface area contributed by atoms with E-state index in [1.165, 1.54) is 0 Å². The van der Waals surface area contributed by atoms with Gasteiger partial charge in [-0.25, -0.2) is 0 Å². The van der Waals surface area contributed by atoms with Crippen LogP contribution in [0.2, 0.25) is 0 Å². The van der Waals surface area contributed by atoms with Gasteiger partial charge in [0, 0.05) is 23.2 Å². The number of nitrogens with one attached hydrogen (secondary N) is 1. The summed E-state index contributed by atoms with van der Waals surface area (Å²) in [5.74, 6) is 2.04. The van der Waals surface area contributed by atoms with Crippen LogP contribution in [-0.2, 0) is 0 Å². The van der Waals surface area contributed by atoms with Crippen molar-refractivity contribution >= 4 is 11.5 Å². The molecule has 20 heavy (non-hydrogen) atoms. The van der Waals surface area contributed by atoms with E-state index in [9.17, 15) is 4.79 Å². The zero-order valence-electron chi connectivity index (χ0n) is 12.5. The van der Waals surface area contributed by atoms with E-state index < -0.39 is 0 Å². The minimum absolute atomic E-state index is 0.167. The highest BCUT2D eigenvalue weighted by atomic mass is 16.3. The second-order valence-electron chi connectivity index (χ2n) is 5.09. The third kappa shape index (κ3) is 3.10. The predicted molar refractivity (Wildman–Crippen MR) is 81.3 cm³/mol. The molecule has 1 atom stereocenters. The summed E-state index contributed by atoms with van der Waals surface area (Å²) in [5, 5.41) is 3.43. The molecule has 3 nitrogen and oxygen atoms in total. The van der Waals surface area contributed by atoms with Gasteiger partial charge in [0.15, 0.2) is 5.78 Å². The third-order valence-corrected chi connectivity index (χ3v) is 3.46. The maximum atomic E-state index is 11.6. The number of carbonyl (C=O) groups excluding carboxylic acids is 1. The summed E-state index contributed by atoms with van der Waals surface area (Å²) < 4.78 is 5.55. The molecule has 0 saturated heterocycles. The molecule has 1 unspecified atom stereocenters. The molecule has 0 saturated carbocycles. The number of ketones is 1. The van der Waals surface area contributed by atoms with Gasteiger partial charge < -0.3 is 9.73 Å². The van der Waals surface area contributed by atoms with E-state index in [0.717, 1.165) is 28.3 Å². The van der Waals surface area contributed by atoms with Crippen LogP contribution < -0.4 is 5.32 Å². The summed E-state index contributed by atoms with van der Waals surface area (Å²) in [5.41, 5.74) is 2.93. The Hall–Kier alpha value is -2.03. The third-order valence-electron chi connectivity index (χ3n) is 3.46. The van der Waals surface area contributed by atoms with Crippen LogP contribution in [0.25, 0.3) is 0 Å². The molecule has 2 aromatic rings. The minimum atomic E-state index is 0.167. The number of rotatable bonds is 5. The van der Waals surface area contributed by atoms with Crippen molar-refractivity contribution in [3.63, 3.8) is 0 Å². The van der Waals surface area contributed by atoms with E-state index in [4.69, 9.17) is 4.42 Å². The lowest BCUT2D eigenvalue weighted by atomic mass is 10.1. The lowest BCUT2D eigenvalue weighted by Gasteiger charge is -2.15. The van der Waals surface area contributed by atoms with E-state index >= 15 is 0 Å². The van der Waals surface area contributed by atoms with Crippen molar-refractivity contribution in [2.75, 3.05) is 5.32 Å². The van der Waals surface area contributed by atoms with Crippen molar-refractivity contribution in [1.82, 2.24) is 0 Å². The molecule has 0 aliphatic heterocycles. The largest absolute Gasteiger partial charge is 0.466 e. The molecule has 2 rings (SSSR count). The molecular weight excluding hydrogens is 250 g/mol. The quantitative estimate of drug-likeness (QED) is 0.804. The van der Waals surface area contributed by atoms with Crippen molar-refractivity contribution < 1.29 is 9.21 Å². The molecule has 0 fully saturated rings. The maximum absolute atomic E-state index is 11.6. The number of Topliss-reactive ketones (excluding diaryl/α,β-unsaturated/α-hetero) is 1. The fraction of sp³-hybridized carbons (Fsp3) is 0.353. The van der Waals surface area contributed by atoms with Crippen LogP contribution in [0.5, 0.6) is 0 Å². The Balaban J connectivity index is 2.10. The predicted octanol–water partition coefficient (Wildman–Crippen LogP) is 4.66. The SMILES string of the molecule is CCC(=O)c1ccc(NC(C)c2cc(C)oc2C)cc1. The number of anilines is 1. The van der Waals surface area contributed by atoms with Crippen molar-refractivity contribution in [2.24, 2.45) is 0 Å². The average molecular weight is 271 g/mol. The second kappa shape index (κ2) is 5.95. The average Bonchev–Trinajstić information content (AvgIpc) is 2.78. The molecule has 1 N–H and O–H groups in total. The Labute approximate surface area is 120 Å². The number of hydrogen-bond acceptors (Lipinski definition) is 3. The molecular formula is C17H21NO2. The van der Waals surface area contributed by atoms with Crippen LogP contribution in [-0.4, -0.2) is 5.78 Å². The molecule has 0 spiro atoms. The van der Waals surface area contributed by atoms with Gasteiger partial charge in [-0.1, -0.05) is 6.92 Å². The Kier molecular flexibility index (Phi) is 4.28. The summed E-state index contributed by atoms with van der Waals surface area (Å²) in [4.78, 5) is 11.6. The van der Waals surface area contributed by atoms with Gasteiger partial charge in [0.05, 0.1) is 6.04 Å². The standard InChI is InChI=1S/C17H21NO2/c1-5-17(19)14-6-8-15(9-7-14)18-12(3)16-10-11(2)20-13(16)4/h6-10,12,18H,5H2,1-4H3. The van der Waals surface area contributed by atoms with Gasteiger partial charge in [-0.2, -0.15) is 0 Å². The molecule has 0 radical (unpaired) electrons. The maximum Gasteiger partial charge on any atom is 0.162 e. The molecule has 0 bridgehead atoms. The molecule has 1 aromatic heterocycles. The lowest BCUT2D eigenvalue weighted by Crippen LogP contribution is -2.07. The highest BCUT2D eigenvalue weighted by molar-refractivity contribution is 5.96. The first-order valence-corrected chi connectivity index (χ1v) is 6.98. The summed E-state index contributed by atoms with van der Waals surface area (Å²) >= 11 is 0. The molecule has 0 aliphatic carbocycles. The summed E-state index contributed by atoms with van der Waals surface area (Å²) in [6.45, 7) is 7.90.